The molecule has 5 nitrogen and oxygen atoms in total. The summed E-state index contributed by atoms with van der Waals surface area (Å²) in [5.74, 6) is 1.42. The lowest BCUT2D eigenvalue weighted by Gasteiger charge is -2.00. The summed E-state index contributed by atoms with van der Waals surface area (Å²) in [6.07, 6.45) is 3.21. The Labute approximate surface area is 104 Å². The molecule has 2 heterocycles. The SMILES string of the molecule is Nc1c2c(nn1-c1nc3ccccc3[nH]1)CCC2. The second kappa shape index (κ2) is 3.35. The molecule has 3 aromatic rings. The monoisotopic (exact) mass is 239 g/mol. The van der Waals surface area contributed by atoms with Crippen molar-refractivity contribution in [3.05, 3.63) is 35.5 Å². The lowest BCUT2D eigenvalue weighted by atomic mass is 10.3. The second-order valence-electron chi connectivity index (χ2n) is 4.65. The summed E-state index contributed by atoms with van der Waals surface area (Å²) in [4.78, 5) is 7.77. The molecule has 0 bridgehead atoms. The van der Waals surface area contributed by atoms with Crippen LogP contribution in [-0.4, -0.2) is 19.7 Å². The van der Waals surface area contributed by atoms with Crippen LogP contribution in [-0.2, 0) is 12.8 Å². The van der Waals surface area contributed by atoms with Crippen molar-refractivity contribution in [3.8, 4) is 5.95 Å². The van der Waals surface area contributed by atoms with Gasteiger partial charge in [-0.1, -0.05) is 12.1 Å². The minimum absolute atomic E-state index is 0.697. The third-order valence-corrected chi connectivity index (χ3v) is 3.52. The highest BCUT2D eigenvalue weighted by molar-refractivity contribution is 5.76. The fourth-order valence-electron chi connectivity index (χ4n) is 2.62. The zero-order valence-corrected chi connectivity index (χ0v) is 9.85. The van der Waals surface area contributed by atoms with E-state index >= 15 is 0 Å². The van der Waals surface area contributed by atoms with Gasteiger partial charge in [0.25, 0.3) is 0 Å². The number of hydrogen-bond donors (Lipinski definition) is 2. The molecular formula is C13H13N5. The van der Waals surface area contributed by atoms with Crippen LogP contribution in [0.15, 0.2) is 24.3 Å². The molecule has 1 aromatic carbocycles. The molecule has 0 atom stereocenters. The molecule has 5 heteroatoms. The summed E-state index contributed by atoms with van der Waals surface area (Å²) in [7, 11) is 0. The van der Waals surface area contributed by atoms with E-state index in [0.717, 1.165) is 41.8 Å². The Morgan fingerprint density at radius 1 is 1.22 bits per heavy atom. The number of fused-ring (bicyclic) bond motifs is 2. The summed E-state index contributed by atoms with van der Waals surface area (Å²) in [6.45, 7) is 0. The van der Waals surface area contributed by atoms with Crippen LogP contribution in [0.4, 0.5) is 5.82 Å². The summed E-state index contributed by atoms with van der Waals surface area (Å²) in [5.41, 5.74) is 10.4. The van der Waals surface area contributed by atoms with Crippen LogP contribution in [0, 0.1) is 0 Å². The van der Waals surface area contributed by atoms with Crippen molar-refractivity contribution in [3.63, 3.8) is 0 Å². The van der Waals surface area contributed by atoms with Crippen molar-refractivity contribution in [1.82, 2.24) is 19.7 Å². The van der Waals surface area contributed by atoms with Gasteiger partial charge < -0.3 is 10.7 Å². The Balaban J connectivity index is 1.92. The van der Waals surface area contributed by atoms with Crippen LogP contribution >= 0.6 is 0 Å². The highest BCUT2D eigenvalue weighted by Gasteiger charge is 2.22. The fourth-order valence-corrected chi connectivity index (χ4v) is 2.62. The highest BCUT2D eigenvalue weighted by atomic mass is 15.4. The van der Waals surface area contributed by atoms with Gasteiger partial charge in [0.2, 0.25) is 5.95 Å². The smallest absolute Gasteiger partial charge is 0.231 e. The number of nitrogens with zero attached hydrogens (tertiary/aromatic N) is 3. The Kier molecular flexibility index (Phi) is 1.81. The molecule has 0 fully saturated rings. The number of rotatable bonds is 1. The maximum Gasteiger partial charge on any atom is 0.231 e. The van der Waals surface area contributed by atoms with E-state index in [-0.39, 0.29) is 0 Å². The lowest BCUT2D eigenvalue weighted by Crippen LogP contribution is -2.05. The van der Waals surface area contributed by atoms with Crippen molar-refractivity contribution in [2.45, 2.75) is 19.3 Å². The molecule has 1 aliphatic rings. The van der Waals surface area contributed by atoms with E-state index < -0.39 is 0 Å². The maximum atomic E-state index is 6.15. The molecular weight excluding hydrogens is 226 g/mol. The Morgan fingerprint density at radius 3 is 2.94 bits per heavy atom. The molecule has 1 aliphatic carbocycles. The van der Waals surface area contributed by atoms with Crippen molar-refractivity contribution in [2.24, 2.45) is 0 Å². The van der Waals surface area contributed by atoms with Gasteiger partial charge in [-0.15, -0.1) is 0 Å². The molecule has 0 unspecified atom stereocenters. The van der Waals surface area contributed by atoms with Crippen molar-refractivity contribution >= 4 is 16.9 Å². The standard InChI is InChI=1S/C13H13N5/c14-12-8-4-3-7-9(8)17-18(12)13-15-10-5-1-2-6-11(10)16-13/h1-2,5-6H,3-4,7,14H2,(H,15,16). The first-order valence-electron chi connectivity index (χ1n) is 6.14. The Hall–Kier alpha value is -2.30. The molecule has 0 saturated heterocycles. The van der Waals surface area contributed by atoms with Crippen LogP contribution < -0.4 is 5.73 Å². The van der Waals surface area contributed by atoms with Crippen molar-refractivity contribution < 1.29 is 0 Å². The van der Waals surface area contributed by atoms with Gasteiger partial charge in [0.15, 0.2) is 0 Å². The predicted octanol–water partition coefficient (Wildman–Crippen LogP) is 1.82. The minimum Gasteiger partial charge on any atom is -0.383 e. The molecule has 0 aliphatic heterocycles. The van der Waals surface area contributed by atoms with Crippen LogP contribution in [0.3, 0.4) is 0 Å². The topological polar surface area (TPSA) is 72.5 Å². The first-order valence-corrected chi connectivity index (χ1v) is 6.14. The minimum atomic E-state index is 0.697. The quantitative estimate of drug-likeness (QED) is 0.680. The van der Waals surface area contributed by atoms with Gasteiger partial charge in [-0.2, -0.15) is 9.78 Å². The number of aryl methyl sites for hydroxylation is 1. The van der Waals surface area contributed by atoms with Crippen LogP contribution in [0.1, 0.15) is 17.7 Å². The van der Waals surface area contributed by atoms with Crippen molar-refractivity contribution in [2.75, 3.05) is 5.73 Å². The zero-order chi connectivity index (χ0) is 12.1. The average Bonchev–Trinajstić information content (AvgIpc) is 3.04. The largest absolute Gasteiger partial charge is 0.383 e. The zero-order valence-electron chi connectivity index (χ0n) is 9.85. The second-order valence-corrected chi connectivity index (χ2v) is 4.65. The van der Waals surface area contributed by atoms with Crippen LogP contribution in [0.5, 0.6) is 0 Å². The van der Waals surface area contributed by atoms with E-state index in [9.17, 15) is 0 Å². The Morgan fingerprint density at radius 2 is 2.11 bits per heavy atom. The molecule has 0 spiro atoms. The van der Waals surface area contributed by atoms with E-state index in [2.05, 4.69) is 15.1 Å². The number of aromatic nitrogens is 4. The molecule has 2 aromatic heterocycles. The molecule has 0 saturated carbocycles. The fraction of sp³-hybridized carbons (Fsp3) is 0.231. The molecule has 0 radical (unpaired) electrons. The van der Waals surface area contributed by atoms with Crippen LogP contribution in [0.2, 0.25) is 0 Å². The van der Waals surface area contributed by atoms with Gasteiger partial charge in [-0.25, -0.2) is 4.98 Å². The van der Waals surface area contributed by atoms with Crippen molar-refractivity contribution in [1.29, 1.82) is 0 Å². The Bertz CT molecular complexity index is 704. The number of para-hydroxylation sites is 2. The summed E-state index contributed by atoms with van der Waals surface area (Å²) in [5, 5.41) is 4.55. The van der Waals surface area contributed by atoms with Gasteiger partial charge in [-0.3, -0.25) is 0 Å². The number of imidazole rings is 1. The van der Waals surface area contributed by atoms with Crippen LogP contribution in [0.25, 0.3) is 17.0 Å². The van der Waals surface area contributed by atoms with Gasteiger partial charge in [0.1, 0.15) is 5.82 Å². The first kappa shape index (κ1) is 9.70. The molecule has 3 N–H and O–H groups in total. The van der Waals surface area contributed by atoms with E-state index in [4.69, 9.17) is 5.73 Å². The third-order valence-electron chi connectivity index (χ3n) is 3.52. The molecule has 4 rings (SSSR count). The number of anilines is 1. The first-order chi connectivity index (χ1) is 8.83. The summed E-state index contributed by atoms with van der Waals surface area (Å²) < 4.78 is 1.73. The van der Waals surface area contributed by atoms with Gasteiger partial charge >= 0.3 is 0 Å². The van der Waals surface area contributed by atoms with E-state index in [1.807, 2.05) is 24.3 Å². The predicted molar refractivity (Wildman–Crippen MR) is 69.7 cm³/mol. The third kappa shape index (κ3) is 1.21. The maximum absolute atomic E-state index is 6.15. The molecule has 18 heavy (non-hydrogen) atoms. The van der Waals surface area contributed by atoms with Gasteiger partial charge in [0.05, 0.1) is 16.7 Å². The number of nitrogens with two attached hydrogens (primary N) is 1. The van der Waals surface area contributed by atoms with E-state index in [1.165, 1.54) is 5.56 Å². The molecule has 0 amide bonds. The average molecular weight is 239 g/mol. The molecule has 90 valence electrons. The number of nitrogens with one attached hydrogen (secondary N) is 1. The summed E-state index contributed by atoms with van der Waals surface area (Å²) >= 11 is 0. The highest BCUT2D eigenvalue weighted by Crippen LogP contribution is 2.28. The number of nitrogen functional groups attached to an aromatic ring is 1. The normalized spacial score (nSPS) is 14.2. The van der Waals surface area contributed by atoms with E-state index in [1.54, 1.807) is 4.68 Å². The van der Waals surface area contributed by atoms with E-state index in [0.29, 0.717) is 5.95 Å². The van der Waals surface area contributed by atoms with Gasteiger partial charge in [-0.05, 0) is 31.4 Å². The number of H-pyrrole nitrogens is 1. The number of benzene rings is 1. The lowest BCUT2D eigenvalue weighted by molar-refractivity contribution is 0.782. The number of hydrogen-bond acceptors (Lipinski definition) is 3. The van der Waals surface area contributed by atoms with Gasteiger partial charge in [0, 0.05) is 5.56 Å². The number of aromatic amines is 1. The summed E-state index contributed by atoms with van der Waals surface area (Å²) in [6, 6.07) is 7.93.